The fourth-order valence-corrected chi connectivity index (χ4v) is 4.00. The molecule has 1 rings (SSSR count). The van der Waals surface area contributed by atoms with Gasteiger partial charge in [0, 0.05) is 18.4 Å². The van der Waals surface area contributed by atoms with Gasteiger partial charge in [0.05, 0.1) is 11.0 Å². The topological polar surface area (TPSA) is 69.4 Å². The van der Waals surface area contributed by atoms with Gasteiger partial charge in [-0.25, -0.2) is 0 Å². The van der Waals surface area contributed by atoms with E-state index >= 15 is 0 Å². The van der Waals surface area contributed by atoms with E-state index < -0.39 is 12.3 Å². The molecule has 18 heavy (non-hydrogen) atoms. The summed E-state index contributed by atoms with van der Waals surface area (Å²) in [6.07, 6.45) is 2.55. The van der Waals surface area contributed by atoms with Crippen molar-refractivity contribution in [3.05, 3.63) is 34.4 Å². The van der Waals surface area contributed by atoms with E-state index in [1.165, 1.54) is 18.2 Å². The minimum absolute atomic E-state index is 0.0490. The highest BCUT2D eigenvalue weighted by Gasteiger charge is 2.23. The lowest BCUT2D eigenvalue weighted by molar-refractivity contribution is -0.384. The van der Waals surface area contributed by atoms with Crippen LogP contribution in [-0.4, -0.2) is 17.2 Å². The smallest absolute Gasteiger partial charge is 0.273 e. The number of benzene rings is 1. The molecule has 0 heterocycles. The van der Waals surface area contributed by atoms with Crippen molar-refractivity contribution in [2.75, 3.05) is 12.3 Å². The Bertz CT molecular complexity index is 451. The summed E-state index contributed by atoms with van der Waals surface area (Å²) in [4.78, 5) is 10.2. The zero-order valence-corrected chi connectivity index (χ0v) is 11.6. The highest BCUT2D eigenvalue weighted by molar-refractivity contribution is 7.59. The lowest BCUT2D eigenvalue weighted by Crippen LogP contribution is -2.02. The molecule has 0 atom stereocenters. The molecule has 1 aromatic carbocycles. The van der Waals surface area contributed by atoms with Crippen molar-refractivity contribution in [3.8, 4) is 5.75 Å². The van der Waals surface area contributed by atoms with Gasteiger partial charge in [-0.3, -0.25) is 14.7 Å². The van der Waals surface area contributed by atoms with Crippen LogP contribution < -0.4 is 4.52 Å². The first kappa shape index (κ1) is 14.7. The molecule has 0 saturated heterocycles. The Morgan fingerprint density at radius 2 is 1.89 bits per heavy atom. The molecule has 0 fully saturated rings. The first-order valence-electron chi connectivity index (χ1n) is 6.03. The quantitative estimate of drug-likeness (QED) is 0.426. The summed E-state index contributed by atoms with van der Waals surface area (Å²) in [6.45, 7) is 3.89. The molecule has 0 spiro atoms. The minimum Gasteiger partial charge on any atom is -0.443 e. The third-order valence-electron chi connectivity index (χ3n) is 2.43. The second-order valence-electron chi connectivity index (χ2n) is 4.11. The van der Waals surface area contributed by atoms with E-state index in [1.807, 2.05) is 13.8 Å². The molecular weight excluding hydrogens is 253 g/mol. The van der Waals surface area contributed by atoms with E-state index in [9.17, 15) is 14.7 Å². The lowest BCUT2D eigenvalue weighted by Gasteiger charge is -2.18. The van der Waals surface area contributed by atoms with Crippen molar-refractivity contribution >= 4 is 13.1 Å². The van der Waals surface area contributed by atoms with Crippen LogP contribution in [-0.2, 0) is 4.57 Å². The van der Waals surface area contributed by atoms with Gasteiger partial charge in [0.25, 0.3) is 5.69 Å². The second kappa shape index (κ2) is 6.55. The van der Waals surface area contributed by atoms with E-state index in [1.54, 1.807) is 6.07 Å². The summed E-state index contributed by atoms with van der Waals surface area (Å²) in [5, 5.41) is 10.7. The van der Waals surface area contributed by atoms with Crippen molar-refractivity contribution in [1.29, 1.82) is 0 Å². The van der Waals surface area contributed by atoms with Gasteiger partial charge in [-0.2, -0.15) is 0 Å². The van der Waals surface area contributed by atoms with Crippen molar-refractivity contribution < 1.29 is 14.0 Å². The number of rotatable bonds is 7. The Balaban J connectivity index is 2.90. The van der Waals surface area contributed by atoms with Gasteiger partial charge in [0.1, 0.15) is 5.75 Å². The van der Waals surface area contributed by atoms with Gasteiger partial charge in [-0.05, 0) is 18.9 Å². The number of nitro groups is 1. The molecule has 1 aromatic rings. The molecule has 0 saturated carbocycles. The average Bonchev–Trinajstić information content (AvgIpc) is 2.29. The highest BCUT2D eigenvalue weighted by Crippen LogP contribution is 2.48. The van der Waals surface area contributed by atoms with Gasteiger partial charge in [-0.1, -0.05) is 19.9 Å². The molecule has 0 radical (unpaired) electrons. The Morgan fingerprint density at radius 1 is 1.28 bits per heavy atom. The summed E-state index contributed by atoms with van der Waals surface area (Å²) in [6, 6.07) is 5.84. The molecule has 0 amide bonds. The van der Waals surface area contributed by atoms with Gasteiger partial charge >= 0.3 is 0 Å². The maximum absolute atomic E-state index is 12.5. The molecule has 0 aliphatic rings. The molecule has 0 unspecified atom stereocenters. The molecule has 0 N–H and O–H groups in total. The number of nitro benzene ring substituents is 1. The predicted octanol–water partition coefficient (Wildman–Crippen LogP) is 4.07. The van der Waals surface area contributed by atoms with Gasteiger partial charge < -0.3 is 4.52 Å². The largest absolute Gasteiger partial charge is 0.443 e. The Hall–Kier alpha value is -1.35. The molecule has 0 aromatic heterocycles. The number of hydrogen-bond acceptors (Lipinski definition) is 4. The third-order valence-corrected chi connectivity index (χ3v) is 5.23. The van der Waals surface area contributed by atoms with Crippen molar-refractivity contribution in [2.24, 2.45) is 0 Å². The monoisotopic (exact) mass is 271 g/mol. The van der Waals surface area contributed by atoms with Crippen LogP contribution in [0.15, 0.2) is 24.3 Å². The number of non-ortho nitro benzene ring substituents is 1. The minimum atomic E-state index is -2.71. The summed E-state index contributed by atoms with van der Waals surface area (Å²) in [5.74, 6) is 0.314. The standard InChI is InChI=1S/C12H18NO4P/c1-3-8-18(16,9-4-2)17-12-7-5-6-11(10-12)13(14)15/h5-7,10H,3-4,8-9H2,1-2H3. The first-order valence-corrected chi connectivity index (χ1v) is 8.02. The fraction of sp³-hybridized carbons (Fsp3) is 0.500. The van der Waals surface area contributed by atoms with Crippen molar-refractivity contribution in [1.82, 2.24) is 0 Å². The van der Waals surface area contributed by atoms with E-state index in [0.29, 0.717) is 18.1 Å². The van der Waals surface area contributed by atoms with Crippen molar-refractivity contribution in [3.63, 3.8) is 0 Å². The van der Waals surface area contributed by atoms with Crippen LogP contribution in [0.1, 0.15) is 26.7 Å². The lowest BCUT2D eigenvalue weighted by atomic mass is 10.3. The molecule has 5 nitrogen and oxygen atoms in total. The summed E-state index contributed by atoms with van der Waals surface area (Å²) in [5.41, 5.74) is -0.0490. The van der Waals surface area contributed by atoms with Crippen LogP contribution in [0.2, 0.25) is 0 Å². The third kappa shape index (κ3) is 4.15. The van der Waals surface area contributed by atoms with Crippen LogP contribution in [0, 0.1) is 10.1 Å². The van der Waals surface area contributed by atoms with E-state index in [0.717, 1.165) is 12.8 Å². The summed E-state index contributed by atoms with van der Waals surface area (Å²) < 4.78 is 18.0. The molecule has 0 aliphatic heterocycles. The fourth-order valence-electron chi connectivity index (χ4n) is 1.73. The Kier molecular flexibility index (Phi) is 5.35. The van der Waals surface area contributed by atoms with Gasteiger partial charge in [-0.15, -0.1) is 0 Å². The van der Waals surface area contributed by atoms with Crippen LogP contribution in [0.5, 0.6) is 5.75 Å². The predicted molar refractivity (Wildman–Crippen MR) is 71.6 cm³/mol. The van der Waals surface area contributed by atoms with Crippen LogP contribution in [0.3, 0.4) is 0 Å². The Morgan fingerprint density at radius 3 is 2.39 bits per heavy atom. The maximum Gasteiger partial charge on any atom is 0.273 e. The molecule has 100 valence electrons. The van der Waals surface area contributed by atoms with E-state index in [4.69, 9.17) is 4.52 Å². The SMILES string of the molecule is CCCP(=O)(CCC)Oc1cccc([N+](=O)[O-])c1. The summed E-state index contributed by atoms with van der Waals surface area (Å²) >= 11 is 0. The van der Waals surface area contributed by atoms with Gasteiger partial charge in [0.15, 0.2) is 0 Å². The number of nitrogens with zero attached hydrogens (tertiary/aromatic N) is 1. The van der Waals surface area contributed by atoms with Crippen LogP contribution in [0.25, 0.3) is 0 Å². The van der Waals surface area contributed by atoms with E-state index in [-0.39, 0.29) is 5.69 Å². The maximum atomic E-state index is 12.5. The zero-order chi connectivity index (χ0) is 13.6. The second-order valence-corrected chi connectivity index (χ2v) is 6.81. The van der Waals surface area contributed by atoms with Gasteiger partial charge in [0.2, 0.25) is 7.37 Å². The molecule has 0 bridgehead atoms. The highest BCUT2D eigenvalue weighted by atomic mass is 31.2. The van der Waals surface area contributed by atoms with Crippen molar-refractivity contribution in [2.45, 2.75) is 26.7 Å². The molecule has 0 aliphatic carbocycles. The van der Waals surface area contributed by atoms with Crippen LogP contribution in [0.4, 0.5) is 5.69 Å². The van der Waals surface area contributed by atoms with E-state index in [2.05, 4.69) is 0 Å². The first-order chi connectivity index (χ1) is 8.50. The van der Waals surface area contributed by atoms with Crippen LogP contribution >= 0.6 is 7.37 Å². The Labute approximate surface area is 107 Å². The molecular formula is C12H18NO4P. The normalized spacial score (nSPS) is 11.2. The summed E-state index contributed by atoms with van der Waals surface area (Å²) in [7, 11) is -2.71. The average molecular weight is 271 g/mol. The number of hydrogen-bond donors (Lipinski definition) is 0. The molecule has 6 heteroatoms. The zero-order valence-electron chi connectivity index (χ0n) is 10.7.